The van der Waals surface area contributed by atoms with Gasteiger partial charge in [0.15, 0.2) is 0 Å². The van der Waals surface area contributed by atoms with Crippen molar-refractivity contribution >= 4 is 23.6 Å². The molecule has 0 aromatic rings. The van der Waals surface area contributed by atoms with E-state index < -0.39 is 12.0 Å². The Morgan fingerprint density at radius 3 is 2.20 bits per heavy atom. The first kappa shape index (κ1) is 24.0. The first-order valence-electron chi connectivity index (χ1n) is 9.77. The Morgan fingerprint density at radius 1 is 1.00 bits per heavy atom. The Hall–Kier alpha value is -0.970. The van der Waals surface area contributed by atoms with Crippen molar-refractivity contribution in [2.45, 2.75) is 90.0 Å². The van der Waals surface area contributed by atoms with Crippen molar-refractivity contribution in [1.82, 2.24) is 5.32 Å². The fourth-order valence-electron chi connectivity index (χ4n) is 2.59. The lowest BCUT2D eigenvalue weighted by atomic mass is 10.1. The fourth-order valence-corrected chi connectivity index (χ4v) is 3.06. The summed E-state index contributed by atoms with van der Waals surface area (Å²) in [6.07, 6.45) is 19.1. The number of allylic oxidation sites excluding steroid dienone is 2. The van der Waals surface area contributed by atoms with Gasteiger partial charge in [0.25, 0.3) is 0 Å². The van der Waals surface area contributed by atoms with Crippen molar-refractivity contribution < 1.29 is 14.7 Å². The molecule has 0 bridgehead atoms. The highest BCUT2D eigenvalue weighted by Crippen LogP contribution is 2.09. The summed E-state index contributed by atoms with van der Waals surface area (Å²) >= 11 is 1.59. The van der Waals surface area contributed by atoms with Gasteiger partial charge in [0.1, 0.15) is 6.04 Å². The maximum atomic E-state index is 11.8. The van der Waals surface area contributed by atoms with Gasteiger partial charge in [0.2, 0.25) is 5.91 Å². The molecule has 0 spiro atoms. The molecule has 0 unspecified atom stereocenters. The van der Waals surface area contributed by atoms with Gasteiger partial charge in [-0.15, -0.1) is 0 Å². The molecular formula is C20H37NO3S. The van der Waals surface area contributed by atoms with Gasteiger partial charge in [-0.3, -0.25) is 4.79 Å². The molecule has 5 heteroatoms. The highest BCUT2D eigenvalue weighted by molar-refractivity contribution is 7.98. The molecule has 1 amide bonds. The number of unbranched alkanes of at least 4 members (excludes halogenated alkanes) is 8. The van der Waals surface area contributed by atoms with Crippen molar-refractivity contribution in [3.63, 3.8) is 0 Å². The van der Waals surface area contributed by atoms with Gasteiger partial charge in [0, 0.05) is 6.42 Å². The van der Waals surface area contributed by atoms with Crippen molar-refractivity contribution in [3.8, 4) is 0 Å². The first-order chi connectivity index (χ1) is 12.1. The summed E-state index contributed by atoms with van der Waals surface area (Å²) in [5, 5.41) is 11.7. The highest BCUT2D eigenvalue weighted by Gasteiger charge is 2.18. The van der Waals surface area contributed by atoms with Crippen LogP contribution in [0.1, 0.15) is 84.0 Å². The molecule has 25 heavy (non-hydrogen) atoms. The van der Waals surface area contributed by atoms with Crippen LogP contribution in [0.2, 0.25) is 0 Å². The average Bonchev–Trinajstić information content (AvgIpc) is 2.59. The number of rotatable bonds is 17. The Kier molecular flexibility index (Phi) is 17.1. The van der Waals surface area contributed by atoms with E-state index in [1.165, 1.54) is 38.5 Å². The third-order valence-corrected chi connectivity index (χ3v) is 4.80. The molecule has 0 heterocycles. The topological polar surface area (TPSA) is 66.4 Å². The molecule has 0 fully saturated rings. The molecular weight excluding hydrogens is 334 g/mol. The molecule has 0 saturated heterocycles. The van der Waals surface area contributed by atoms with Gasteiger partial charge in [-0.2, -0.15) is 11.8 Å². The Bertz CT molecular complexity index is 372. The van der Waals surface area contributed by atoms with Crippen LogP contribution >= 0.6 is 11.8 Å². The standard InChI is InChI=1S/C20H37NO3S/c1-3-4-5-6-7-8-9-10-11-12-13-14-15-19(22)21-18(20(23)24)16-17-25-2/h7-8,18H,3-6,9-17H2,1-2H3,(H,21,22)(H,23,24)/b8-7-/t18-/m0/s1. The third kappa shape index (κ3) is 16.3. The zero-order chi connectivity index (χ0) is 18.8. The van der Waals surface area contributed by atoms with Crippen LogP contribution in [-0.2, 0) is 9.59 Å². The monoisotopic (exact) mass is 371 g/mol. The number of carboxylic acid groups (broad SMARTS) is 1. The van der Waals surface area contributed by atoms with E-state index in [0.29, 0.717) is 12.8 Å². The van der Waals surface area contributed by atoms with Gasteiger partial charge in [0.05, 0.1) is 0 Å². The Morgan fingerprint density at radius 2 is 1.60 bits per heavy atom. The lowest BCUT2D eigenvalue weighted by molar-refractivity contribution is -0.141. The Balaban J connectivity index is 3.54. The van der Waals surface area contributed by atoms with Gasteiger partial charge >= 0.3 is 5.97 Å². The predicted molar refractivity (Wildman–Crippen MR) is 108 cm³/mol. The number of carboxylic acids is 1. The minimum Gasteiger partial charge on any atom is -0.480 e. The van der Waals surface area contributed by atoms with Crippen LogP contribution in [0.3, 0.4) is 0 Å². The number of hydrogen-bond donors (Lipinski definition) is 2. The van der Waals surface area contributed by atoms with E-state index in [0.717, 1.165) is 31.4 Å². The van der Waals surface area contributed by atoms with E-state index in [9.17, 15) is 9.59 Å². The molecule has 146 valence electrons. The molecule has 1 atom stereocenters. The van der Waals surface area contributed by atoms with Crippen LogP contribution in [0.4, 0.5) is 0 Å². The van der Waals surface area contributed by atoms with E-state index in [1.54, 1.807) is 11.8 Å². The van der Waals surface area contributed by atoms with Crippen LogP contribution in [0.5, 0.6) is 0 Å². The molecule has 0 aromatic heterocycles. The number of aliphatic carboxylic acids is 1. The number of carbonyl (C=O) groups is 2. The summed E-state index contributed by atoms with van der Waals surface area (Å²) in [7, 11) is 0. The second-order valence-electron chi connectivity index (χ2n) is 6.51. The number of nitrogens with one attached hydrogen (secondary N) is 1. The van der Waals surface area contributed by atoms with Gasteiger partial charge in [-0.25, -0.2) is 4.79 Å². The van der Waals surface area contributed by atoms with Crippen molar-refractivity contribution in [2.24, 2.45) is 0 Å². The van der Waals surface area contributed by atoms with E-state index in [4.69, 9.17) is 5.11 Å². The van der Waals surface area contributed by atoms with Crippen molar-refractivity contribution in [1.29, 1.82) is 0 Å². The molecule has 0 saturated carbocycles. The lowest BCUT2D eigenvalue weighted by Crippen LogP contribution is -2.41. The Labute approximate surface area is 158 Å². The number of carbonyl (C=O) groups excluding carboxylic acids is 1. The summed E-state index contributed by atoms with van der Waals surface area (Å²) in [4.78, 5) is 22.9. The van der Waals surface area contributed by atoms with Crippen LogP contribution in [0.15, 0.2) is 12.2 Å². The SMILES string of the molecule is CCCCC/C=C\CCCCCCCC(=O)N[C@@H](CCSC)C(=O)O. The molecule has 0 aliphatic rings. The summed E-state index contributed by atoms with van der Waals surface area (Å²) in [5.41, 5.74) is 0. The summed E-state index contributed by atoms with van der Waals surface area (Å²) < 4.78 is 0. The molecule has 0 aliphatic heterocycles. The normalized spacial score (nSPS) is 12.4. The first-order valence-corrected chi connectivity index (χ1v) is 11.2. The maximum Gasteiger partial charge on any atom is 0.326 e. The highest BCUT2D eigenvalue weighted by atomic mass is 32.2. The summed E-state index contributed by atoms with van der Waals surface area (Å²) in [6, 6.07) is -0.746. The van der Waals surface area contributed by atoms with Crippen LogP contribution in [-0.4, -0.2) is 35.0 Å². The maximum absolute atomic E-state index is 11.8. The van der Waals surface area contributed by atoms with E-state index in [1.807, 2.05) is 6.26 Å². The largest absolute Gasteiger partial charge is 0.480 e. The molecule has 4 nitrogen and oxygen atoms in total. The van der Waals surface area contributed by atoms with Crippen molar-refractivity contribution in [2.75, 3.05) is 12.0 Å². The van der Waals surface area contributed by atoms with Crippen molar-refractivity contribution in [3.05, 3.63) is 12.2 Å². The van der Waals surface area contributed by atoms with E-state index >= 15 is 0 Å². The predicted octanol–water partition coefficient (Wildman–Crippen LogP) is 5.18. The molecule has 0 rings (SSSR count). The second-order valence-corrected chi connectivity index (χ2v) is 7.50. The number of thioether (sulfide) groups is 1. The van der Waals surface area contributed by atoms with Crippen LogP contribution in [0.25, 0.3) is 0 Å². The quantitative estimate of drug-likeness (QED) is 0.273. The molecule has 0 radical (unpaired) electrons. The smallest absolute Gasteiger partial charge is 0.326 e. The van der Waals surface area contributed by atoms with Gasteiger partial charge in [-0.05, 0) is 50.5 Å². The number of hydrogen-bond acceptors (Lipinski definition) is 3. The average molecular weight is 372 g/mol. The minimum atomic E-state index is -0.940. The van der Waals surface area contributed by atoms with Crippen LogP contribution in [0, 0.1) is 0 Å². The number of amides is 1. The van der Waals surface area contributed by atoms with Gasteiger partial charge < -0.3 is 10.4 Å². The molecule has 0 aromatic carbocycles. The zero-order valence-electron chi connectivity index (χ0n) is 16.1. The van der Waals surface area contributed by atoms with Gasteiger partial charge in [-0.1, -0.05) is 51.2 Å². The van der Waals surface area contributed by atoms with E-state index in [2.05, 4.69) is 24.4 Å². The fraction of sp³-hybridized carbons (Fsp3) is 0.800. The third-order valence-electron chi connectivity index (χ3n) is 4.16. The minimum absolute atomic E-state index is 0.136. The molecule has 2 N–H and O–H groups in total. The molecule has 0 aliphatic carbocycles. The summed E-state index contributed by atoms with van der Waals surface area (Å²) in [6.45, 7) is 2.23. The lowest BCUT2D eigenvalue weighted by Gasteiger charge is -2.13. The van der Waals surface area contributed by atoms with Crippen LogP contribution < -0.4 is 5.32 Å². The zero-order valence-corrected chi connectivity index (χ0v) is 16.9. The van der Waals surface area contributed by atoms with E-state index in [-0.39, 0.29) is 5.91 Å². The second kappa shape index (κ2) is 17.8. The summed E-state index contributed by atoms with van der Waals surface area (Å²) in [5.74, 6) is -0.335.